The molecule has 1 N–H and O–H groups in total. The Morgan fingerprint density at radius 1 is 1.32 bits per heavy atom. The topological polar surface area (TPSA) is 24.0 Å². The zero-order chi connectivity index (χ0) is 14.0. The van der Waals surface area contributed by atoms with E-state index in [0.29, 0.717) is 6.04 Å². The first-order valence-corrected chi connectivity index (χ1v) is 7.40. The van der Waals surface area contributed by atoms with Crippen molar-refractivity contribution in [1.82, 2.24) is 14.5 Å². The molecule has 19 heavy (non-hydrogen) atoms. The van der Waals surface area contributed by atoms with Crippen molar-refractivity contribution in [2.75, 3.05) is 19.6 Å². The third-order valence-electron chi connectivity index (χ3n) is 3.73. The van der Waals surface area contributed by atoms with Gasteiger partial charge in [-0.3, -0.25) is 0 Å². The molecule has 0 fully saturated rings. The molecule has 0 saturated heterocycles. The van der Waals surface area contributed by atoms with E-state index in [2.05, 4.69) is 60.3 Å². The van der Waals surface area contributed by atoms with Crippen LogP contribution in [0.5, 0.6) is 0 Å². The Morgan fingerprint density at radius 3 is 2.63 bits per heavy atom. The van der Waals surface area contributed by atoms with Crippen molar-refractivity contribution in [3.8, 4) is 0 Å². The lowest BCUT2D eigenvalue weighted by Crippen LogP contribution is -2.29. The maximum Gasteiger partial charge on any atom is 0.178 e. The Bertz CT molecular complexity index is 607. The van der Waals surface area contributed by atoms with Crippen LogP contribution in [-0.4, -0.2) is 34.1 Å². The van der Waals surface area contributed by atoms with Crippen molar-refractivity contribution in [2.45, 2.75) is 33.7 Å². The average molecular weight is 277 g/mol. The van der Waals surface area contributed by atoms with Crippen LogP contribution in [0.4, 0.5) is 0 Å². The van der Waals surface area contributed by atoms with Crippen LogP contribution < -0.4 is 0 Å². The fraction of sp³-hybridized carbons (Fsp3) is 0.533. The highest BCUT2D eigenvalue weighted by Crippen LogP contribution is 2.20. The van der Waals surface area contributed by atoms with Gasteiger partial charge in [-0.15, -0.1) is 0 Å². The first kappa shape index (κ1) is 14.3. The highest BCUT2D eigenvalue weighted by atomic mass is 32.1. The van der Waals surface area contributed by atoms with Gasteiger partial charge < -0.3 is 14.5 Å². The van der Waals surface area contributed by atoms with Gasteiger partial charge in [0.25, 0.3) is 0 Å². The van der Waals surface area contributed by atoms with E-state index in [1.54, 1.807) is 0 Å². The lowest BCUT2D eigenvalue weighted by molar-refractivity contribution is 0.262. The molecule has 0 saturated carbocycles. The number of aromatic nitrogens is 2. The highest BCUT2D eigenvalue weighted by Gasteiger charge is 2.13. The van der Waals surface area contributed by atoms with Crippen LogP contribution in [0.25, 0.3) is 11.0 Å². The van der Waals surface area contributed by atoms with Crippen molar-refractivity contribution in [1.29, 1.82) is 0 Å². The van der Waals surface area contributed by atoms with Gasteiger partial charge in [-0.2, -0.15) is 0 Å². The summed E-state index contributed by atoms with van der Waals surface area (Å²) in [6.07, 6.45) is 0. The molecule has 4 heteroatoms. The number of rotatable bonds is 5. The number of benzene rings is 1. The summed E-state index contributed by atoms with van der Waals surface area (Å²) in [5.74, 6) is 0. The van der Waals surface area contributed by atoms with Gasteiger partial charge in [0.2, 0.25) is 0 Å². The molecule has 1 atom stereocenters. The van der Waals surface area contributed by atoms with Crippen molar-refractivity contribution in [2.24, 2.45) is 0 Å². The Kier molecular flexibility index (Phi) is 4.42. The molecule has 2 rings (SSSR count). The van der Waals surface area contributed by atoms with Gasteiger partial charge in [-0.05, 0) is 56.9 Å². The number of imidazole rings is 1. The molecular weight excluding hydrogens is 254 g/mol. The van der Waals surface area contributed by atoms with Crippen LogP contribution in [0, 0.1) is 11.7 Å². The molecule has 0 aliphatic carbocycles. The number of hydrogen-bond acceptors (Lipinski definition) is 2. The van der Waals surface area contributed by atoms with Crippen LogP contribution in [0.3, 0.4) is 0 Å². The Morgan fingerprint density at radius 2 is 2.00 bits per heavy atom. The molecule has 1 unspecified atom stereocenters. The number of fused-ring (bicyclic) bond motifs is 1. The molecule has 0 aliphatic heterocycles. The van der Waals surface area contributed by atoms with Gasteiger partial charge in [0.05, 0.1) is 11.0 Å². The van der Waals surface area contributed by atoms with Crippen molar-refractivity contribution in [3.63, 3.8) is 0 Å². The molecule has 0 aliphatic rings. The molecular formula is C15H23N3S. The van der Waals surface area contributed by atoms with E-state index in [9.17, 15) is 0 Å². The van der Waals surface area contributed by atoms with Crippen LogP contribution in [-0.2, 0) is 0 Å². The van der Waals surface area contributed by atoms with E-state index in [4.69, 9.17) is 12.2 Å². The number of aryl methyl sites for hydroxylation is 1. The predicted octanol–water partition coefficient (Wildman–Crippen LogP) is 3.91. The zero-order valence-corrected chi connectivity index (χ0v) is 13.0. The van der Waals surface area contributed by atoms with Crippen LogP contribution in [0.15, 0.2) is 18.2 Å². The number of hydrogen-bond donors (Lipinski definition) is 1. The summed E-state index contributed by atoms with van der Waals surface area (Å²) in [5, 5.41) is 0. The molecule has 0 bridgehead atoms. The van der Waals surface area contributed by atoms with Gasteiger partial charge in [-0.25, -0.2) is 0 Å². The van der Waals surface area contributed by atoms with Gasteiger partial charge >= 0.3 is 0 Å². The minimum Gasteiger partial charge on any atom is -0.331 e. The summed E-state index contributed by atoms with van der Waals surface area (Å²) in [5.41, 5.74) is 3.60. The fourth-order valence-electron chi connectivity index (χ4n) is 2.62. The summed E-state index contributed by atoms with van der Waals surface area (Å²) < 4.78 is 3.06. The summed E-state index contributed by atoms with van der Waals surface area (Å²) >= 11 is 5.49. The Labute approximate surface area is 120 Å². The maximum absolute atomic E-state index is 5.49. The Balaban J connectivity index is 2.39. The number of nitrogens with one attached hydrogen (secondary N) is 1. The molecule has 104 valence electrons. The second kappa shape index (κ2) is 5.88. The van der Waals surface area contributed by atoms with E-state index >= 15 is 0 Å². The van der Waals surface area contributed by atoms with E-state index in [1.165, 1.54) is 11.1 Å². The average Bonchev–Trinajstić information content (AvgIpc) is 2.70. The first-order chi connectivity index (χ1) is 9.06. The molecule has 3 nitrogen and oxygen atoms in total. The maximum atomic E-state index is 5.49. The molecule has 0 amide bonds. The monoisotopic (exact) mass is 277 g/mol. The normalized spacial score (nSPS) is 13.3. The van der Waals surface area contributed by atoms with E-state index in [0.717, 1.165) is 29.9 Å². The van der Waals surface area contributed by atoms with Crippen LogP contribution >= 0.6 is 12.2 Å². The molecule has 1 aromatic heterocycles. The molecule has 1 heterocycles. The number of aromatic amines is 1. The fourth-order valence-corrected chi connectivity index (χ4v) is 3.01. The predicted molar refractivity (Wildman–Crippen MR) is 84.4 cm³/mol. The Hall–Kier alpha value is -1.13. The molecule has 1 aromatic carbocycles. The van der Waals surface area contributed by atoms with Crippen molar-refractivity contribution in [3.05, 3.63) is 28.5 Å². The third-order valence-corrected chi connectivity index (χ3v) is 4.03. The minimum atomic E-state index is 0.379. The quantitative estimate of drug-likeness (QED) is 0.838. The van der Waals surface area contributed by atoms with Crippen LogP contribution in [0.1, 0.15) is 32.4 Å². The molecule has 0 radical (unpaired) electrons. The highest BCUT2D eigenvalue weighted by molar-refractivity contribution is 7.71. The number of H-pyrrole nitrogens is 1. The van der Waals surface area contributed by atoms with E-state index < -0.39 is 0 Å². The number of likely N-dealkylation sites (N-methyl/N-ethyl adjacent to an activating group) is 1. The van der Waals surface area contributed by atoms with Gasteiger partial charge in [0, 0.05) is 12.6 Å². The third kappa shape index (κ3) is 2.90. The van der Waals surface area contributed by atoms with Crippen molar-refractivity contribution >= 4 is 23.3 Å². The SMILES string of the molecule is CCN(CC)CC(C)n1c(=S)[nH]c2cc(C)ccc21. The second-order valence-corrected chi connectivity index (χ2v) is 5.54. The van der Waals surface area contributed by atoms with E-state index in [-0.39, 0.29) is 0 Å². The largest absolute Gasteiger partial charge is 0.331 e. The molecule has 2 aromatic rings. The van der Waals surface area contributed by atoms with Gasteiger partial charge in [-0.1, -0.05) is 19.9 Å². The second-order valence-electron chi connectivity index (χ2n) is 5.16. The van der Waals surface area contributed by atoms with Crippen LogP contribution in [0.2, 0.25) is 0 Å². The molecule has 0 spiro atoms. The van der Waals surface area contributed by atoms with E-state index in [1.807, 2.05) is 0 Å². The number of nitrogens with zero attached hydrogens (tertiary/aromatic N) is 2. The zero-order valence-electron chi connectivity index (χ0n) is 12.2. The first-order valence-electron chi connectivity index (χ1n) is 7.00. The van der Waals surface area contributed by atoms with Gasteiger partial charge in [0.15, 0.2) is 4.77 Å². The summed E-state index contributed by atoms with van der Waals surface area (Å²) in [6, 6.07) is 6.84. The summed E-state index contributed by atoms with van der Waals surface area (Å²) in [6.45, 7) is 11.9. The smallest absolute Gasteiger partial charge is 0.178 e. The summed E-state index contributed by atoms with van der Waals surface area (Å²) in [4.78, 5) is 5.75. The lowest BCUT2D eigenvalue weighted by Gasteiger charge is -2.24. The summed E-state index contributed by atoms with van der Waals surface area (Å²) in [7, 11) is 0. The minimum absolute atomic E-state index is 0.379. The standard InChI is InChI=1S/C15H23N3S/c1-5-17(6-2)10-12(4)18-14-8-7-11(3)9-13(14)16-15(18)19/h7-9,12H,5-6,10H2,1-4H3,(H,16,19). The van der Waals surface area contributed by atoms with Crippen molar-refractivity contribution < 1.29 is 0 Å². The van der Waals surface area contributed by atoms with Gasteiger partial charge in [0.1, 0.15) is 0 Å². The lowest BCUT2D eigenvalue weighted by atomic mass is 10.2.